The quantitative estimate of drug-likeness (QED) is 0.639. The van der Waals surface area contributed by atoms with Gasteiger partial charge in [0, 0.05) is 13.1 Å². The molecule has 0 saturated heterocycles. The molecule has 0 aliphatic heterocycles. The van der Waals surface area contributed by atoms with Gasteiger partial charge >= 0.3 is 0 Å². The first-order valence-electron chi connectivity index (χ1n) is 5.04. The molecule has 3 N–H and O–H groups in total. The van der Waals surface area contributed by atoms with Gasteiger partial charge in [-0.05, 0) is 32.4 Å². The standard InChI is InChI=1S/C10H24N2O/c1-8(2)10(5-11)7-12(4)6-9(3)13/h8-10,13H,5-7,11H2,1-4H3. The normalized spacial score (nSPS) is 16.6. The summed E-state index contributed by atoms with van der Waals surface area (Å²) in [6, 6.07) is 0. The summed E-state index contributed by atoms with van der Waals surface area (Å²) in [6.45, 7) is 8.61. The van der Waals surface area contributed by atoms with Crippen molar-refractivity contribution < 1.29 is 5.11 Å². The Morgan fingerprint density at radius 3 is 2.08 bits per heavy atom. The highest BCUT2D eigenvalue weighted by Crippen LogP contribution is 2.10. The molecule has 2 atom stereocenters. The van der Waals surface area contributed by atoms with E-state index in [0.717, 1.165) is 19.6 Å². The average Bonchev–Trinajstić information content (AvgIpc) is 1.98. The topological polar surface area (TPSA) is 49.5 Å². The van der Waals surface area contributed by atoms with E-state index in [1.54, 1.807) is 0 Å². The molecule has 0 aliphatic rings. The summed E-state index contributed by atoms with van der Waals surface area (Å²) in [7, 11) is 2.03. The van der Waals surface area contributed by atoms with Crippen LogP contribution in [0.1, 0.15) is 20.8 Å². The zero-order valence-corrected chi connectivity index (χ0v) is 9.33. The lowest BCUT2D eigenvalue weighted by atomic mass is 9.95. The molecule has 0 aromatic rings. The number of nitrogens with two attached hydrogens (primary N) is 1. The third kappa shape index (κ3) is 6.02. The first kappa shape index (κ1) is 12.9. The fourth-order valence-corrected chi connectivity index (χ4v) is 1.48. The van der Waals surface area contributed by atoms with Crippen molar-refractivity contribution >= 4 is 0 Å². The fourth-order valence-electron chi connectivity index (χ4n) is 1.48. The summed E-state index contributed by atoms with van der Waals surface area (Å²) in [6.07, 6.45) is -0.254. The third-order valence-corrected chi connectivity index (χ3v) is 2.37. The van der Waals surface area contributed by atoms with E-state index in [2.05, 4.69) is 18.7 Å². The summed E-state index contributed by atoms with van der Waals surface area (Å²) in [5, 5.41) is 9.17. The zero-order chi connectivity index (χ0) is 10.4. The molecule has 0 aromatic carbocycles. The Labute approximate surface area is 81.9 Å². The van der Waals surface area contributed by atoms with E-state index in [9.17, 15) is 5.11 Å². The molecule has 0 spiro atoms. The number of rotatable bonds is 6. The van der Waals surface area contributed by atoms with Gasteiger partial charge in [-0.1, -0.05) is 13.8 Å². The first-order chi connectivity index (χ1) is 5.97. The molecule has 0 saturated carbocycles. The molecule has 0 fully saturated rings. The van der Waals surface area contributed by atoms with Crippen molar-refractivity contribution in [2.75, 3.05) is 26.7 Å². The summed E-state index contributed by atoms with van der Waals surface area (Å²) in [4.78, 5) is 2.14. The van der Waals surface area contributed by atoms with Gasteiger partial charge in [-0.2, -0.15) is 0 Å². The van der Waals surface area contributed by atoms with Crippen molar-refractivity contribution in [3.8, 4) is 0 Å². The number of nitrogens with zero attached hydrogens (tertiary/aromatic N) is 1. The van der Waals surface area contributed by atoms with Crippen molar-refractivity contribution in [1.29, 1.82) is 0 Å². The van der Waals surface area contributed by atoms with E-state index >= 15 is 0 Å². The highest BCUT2D eigenvalue weighted by molar-refractivity contribution is 4.68. The Morgan fingerprint density at radius 2 is 1.77 bits per heavy atom. The van der Waals surface area contributed by atoms with E-state index in [0.29, 0.717) is 11.8 Å². The number of aliphatic hydroxyl groups is 1. The number of hydrogen-bond acceptors (Lipinski definition) is 3. The van der Waals surface area contributed by atoms with Crippen LogP contribution in [0.4, 0.5) is 0 Å². The van der Waals surface area contributed by atoms with Crippen LogP contribution in [0.25, 0.3) is 0 Å². The Kier molecular flexibility index (Phi) is 6.29. The smallest absolute Gasteiger partial charge is 0.0638 e. The van der Waals surface area contributed by atoms with Crippen molar-refractivity contribution in [3.05, 3.63) is 0 Å². The molecule has 3 nitrogen and oxygen atoms in total. The van der Waals surface area contributed by atoms with Crippen molar-refractivity contribution in [2.45, 2.75) is 26.9 Å². The predicted octanol–water partition coefficient (Wildman–Crippen LogP) is 0.530. The van der Waals surface area contributed by atoms with Crippen LogP contribution in [0.2, 0.25) is 0 Å². The van der Waals surface area contributed by atoms with Gasteiger partial charge in [-0.15, -0.1) is 0 Å². The van der Waals surface area contributed by atoms with Gasteiger partial charge in [0.05, 0.1) is 6.10 Å². The minimum Gasteiger partial charge on any atom is -0.392 e. The van der Waals surface area contributed by atoms with Crippen LogP contribution < -0.4 is 5.73 Å². The maximum Gasteiger partial charge on any atom is 0.0638 e. The maximum absolute atomic E-state index is 9.17. The van der Waals surface area contributed by atoms with Crippen LogP contribution in [0.15, 0.2) is 0 Å². The minimum absolute atomic E-state index is 0.254. The van der Waals surface area contributed by atoms with E-state index in [-0.39, 0.29) is 6.10 Å². The molecule has 0 heterocycles. The van der Waals surface area contributed by atoms with Crippen LogP contribution in [-0.4, -0.2) is 42.8 Å². The van der Waals surface area contributed by atoms with Crippen molar-refractivity contribution in [2.24, 2.45) is 17.6 Å². The molecular formula is C10H24N2O. The van der Waals surface area contributed by atoms with Crippen LogP contribution in [-0.2, 0) is 0 Å². The SMILES string of the molecule is CC(O)CN(C)CC(CN)C(C)C. The minimum atomic E-state index is -0.254. The van der Waals surface area contributed by atoms with Gasteiger partial charge in [0.15, 0.2) is 0 Å². The molecule has 0 aliphatic carbocycles. The van der Waals surface area contributed by atoms with E-state index in [4.69, 9.17) is 5.73 Å². The second-order valence-corrected chi connectivity index (χ2v) is 4.31. The van der Waals surface area contributed by atoms with Gasteiger partial charge < -0.3 is 15.7 Å². The number of hydrogen-bond donors (Lipinski definition) is 2. The summed E-state index contributed by atoms with van der Waals surface area (Å²) in [5.74, 6) is 1.14. The van der Waals surface area contributed by atoms with E-state index in [1.807, 2.05) is 14.0 Å². The van der Waals surface area contributed by atoms with Crippen LogP contribution in [0, 0.1) is 11.8 Å². The number of aliphatic hydroxyl groups excluding tert-OH is 1. The zero-order valence-electron chi connectivity index (χ0n) is 9.33. The monoisotopic (exact) mass is 188 g/mol. The van der Waals surface area contributed by atoms with Crippen LogP contribution >= 0.6 is 0 Å². The highest BCUT2D eigenvalue weighted by Gasteiger charge is 2.14. The van der Waals surface area contributed by atoms with Gasteiger partial charge in [-0.25, -0.2) is 0 Å². The van der Waals surface area contributed by atoms with Gasteiger partial charge in [0.1, 0.15) is 0 Å². The lowest BCUT2D eigenvalue weighted by Gasteiger charge is -2.26. The Hall–Kier alpha value is -0.120. The molecular weight excluding hydrogens is 164 g/mol. The van der Waals surface area contributed by atoms with Crippen molar-refractivity contribution in [1.82, 2.24) is 4.90 Å². The molecule has 0 amide bonds. The summed E-state index contributed by atoms with van der Waals surface area (Å²) in [5.41, 5.74) is 5.66. The van der Waals surface area contributed by atoms with Crippen LogP contribution in [0.5, 0.6) is 0 Å². The maximum atomic E-state index is 9.17. The largest absolute Gasteiger partial charge is 0.392 e. The molecule has 0 radical (unpaired) electrons. The Balaban J connectivity index is 3.79. The molecule has 2 unspecified atom stereocenters. The predicted molar refractivity (Wildman–Crippen MR) is 56.6 cm³/mol. The van der Waals surface area contributed by atoms with E-state index < -0.39 is 0 Å². The summed E-state index contributed by atoms with van der Waals surface area (Å²) < 4.78 is 0. The number of likely N-dealkylation sites (N-methyl/N-ethyl adjacent to an activating group) is 1. The molecule has 0 aromatic heterocycles. The van der Waals surface area contributed by atoms with Crippen LogP contribution in [0.3, 0.4) is 0 Å². The second kappa shape index (κ2) is 6.35. The highest BCUT2D eigenvalue weighted by atomic mass is 16.3. The first-order valence-corrected chi connectivity index (χ1v) is 5.04. The second-order valence-electron chi connectivity index (χ2n) is 4.31. The van der Waals surface area contributed by atoms with Gasteiger partial charge in [0.2, 0.25) is 0 Å². The molecule has 80 valence electrons. The Bertz CT molecular complexity index is 126. The Morgan fingerprint density at radius 1 is 1.23 bits per heavy atom. The van der Waals surface area contributed by atoms with Gasteiger partial charge in [-0.3, -0.25) is 0 Å². The third-order valence-electron chi connectivity index (χ3n) is 2.37. The molecule has 3 heteroatoms. The van der Waals surface area contributed by atoms with Gasteiger partial charge in [0.25, 0.3) is 0 Å². The lowest BCUT2D eigenvalue weighted by Crippen LogP contribution is -2.36. The molecule has 0 rings (SSSR count). The van der Waals surface area contributed by atoms with Crippen molar-refractivity contribution in [3.63, 3.8) is 0 Å². The molecule has 13 heavy (non-hydrogen) atoms. The molecule has 0 bridgehead atoms. The summed E-state index contributed by atoms with van der Waals surface area (Å²) >= 11 is 0. The lowest BCUT2D eigenvalue weighted by molar-refractivity contribution is 0.126. The van der Waals surface area contributed by atoms with E-state index in [1.165, 1.54) is 0 Å². The fraction of sp³-hybridized carbons (Fsp3) is 1.00. The average molecular weight is 188 g/mol.